The zero-order valence-corrected chi connectivity index (χ0v) is 11.3. The highest BCUT2D eigenvalue weighted by molar-refractivity contribution is 5.53. The van der Waals surface area contributed by atoms with E-state index in [-0.39, 0.29) is 6.61 Å². The molecule has 3 N–H and O–H groups in total. The van der Waals surface area contributed by atoms with Gasteiger partial charge >= 0.3 is 0 Å². The lowest BCUT2D eigenvalue weighted by molar-refractivity contribution is 0.291. The van der Waals surface area contributed by atoms with Gasteiger partial charge in [0, 0.05) is 24.8 Å². The van der Waals surface area contributed by atoms with Crippen LogP contribution < -0.4 is 15.4 Å². The summed E-state index contributed by atoms with van der Waals surface area (Å²) in [7, 11) is 1.57. The lowest BCUT2D eigenvalue weighted by Crippen LogP contribution is -2.18. The normalized spacial score (nSPS) is 10.3. The van der Waals surface area contributed by atoms with Crippen LogP contribution in [0.4, 0.5) is 11.6 Å². The van der Waals surface area contributed by atoms with E-state index in [1.165, 1.54) is 0 Å². The number of methoxy groups -OCH3 is 1. The van der Waals surface area contributed by atoms with Crippen LogP contribution in [0.25, 0.3) is 0 Å². The summed E-state index contributed by atoms with van der Waals surface area (Å²) in [4.78, 5) is 8.66. The van der Waals surface area contributed by atoms with Crippen LogP contribution in [0.15, 0.2) is 36.4 Å². The number of anilines is 2. The fourth-order valence-electron chi connectivity index (χ4n) is 1.67. The van der Waals surface area contributed by atoms with Crippen LogP contribution in [-0.2, 0) is 6.54 Å². The Morgan fingerprint density at radius 1 is 1.20 bits per heavy atom. The first kappa shape index (κ1) is 14.2. The minimum atomic E-state index is 0.0946. The van der Waals surface area contributed by atoms with Crippen molar-refractivity contribution in [1.29, 1.82) is 0 Å². The van der Waals surface area contributed by atoms with Gasteiger partial charge in [-0.05, 0) is 12.1 Å². The number of aliphatic hydroxyl groups excluding tert-OH is 1. The second-order valence-corrected chi connectivity index (χ2v) is 4.12. The number of para-hydroxylation sites is 1. The number of hydrogen-bond acceptors (Lipinski definition) is 6. The molecule has 20 heavy (non-hydrogen) atoms. The molecule has 0 aliphatic heterocycles. The molecule has 0 bridgehead atoms. The van der Waals surface area contributed by atoms with E-state index in [2.05, 4.69) is 20.6 Å². The minimum Gasteiger partial charge on any atom is -0.481 e. The average Bonchev–Trinajstić information content (AvgIpc) is 2.48. The average molecular weight is 274 g/mol. The van der Waals surface area contributed by atoms with Crippen LogP contribution in [-0.4, -0.2) is 35.3 Å². The highest BCUT2D eigenvalue weighted by Gasteiger charge is 2.05. The topological polar surface area (TPSA) is 79.3 Å². The molecule has 2 rings (SSSR count). The molecule has 0 fully saturated rings. The molecule has 6 heteroatoms. The van der Waals surface area contributed by atoms with Crippen LogP contribution in [0.1, 0.15) is 5.69 Å². The molecule has 6 nitrogen and oxygen atoms in total. The van der Waals surface area contributed by atoms with Crippen molar-refractivity contribution in [2.24, 2.45) is 0 Å². The largest absolute Gasteiger partial charge is 0.481 e. The van der Waals surface area contributed by atoms with Crippen molar-refractivity contribution in [3.63, 3.8) is 0 Å². The molecule has 0 aliphatic rings. The van der Waals surface area contributed by atoms with Crippen LogP contribution in [0.2, 0.25) is 0 Å². The maximum absolute atomic E-state index is 8.76. The summed E-state index contributed by atoms with van der Waals surface area (Å²) in [5.41, 5.74) is 1.71. The van der Waals surface area contributed by atoms with E-state index >= 15 is 0 Å². The number of hydrogen-bond donors (Lipinski definition) is 3. The van der Waals surface area contributed by atoms with Gasteiger partial charge in [0.2, 0.25) is 11.8 Å². The lowest BCUT2D eigenvalue weighted by atomic mass is 10.3. The van der Waals surface area contributed by atoms with Gasteiger partial charge in [0.15, 0.2) is 0 Å². The van der Waals surface area contributed by atoms with Crippen molar-refractivity contribution in [2.45, 2.75) is 6.54 Å². The van der Waals surface area contributed by atoms with E-state index in [0.717, 1.165) is 11.4 Å². The molecule has 0 atom stereocenters. The Balaban J connectivity index is 2.13. The summed E-state index contributed by atoms with van der Waals surface area (Å²) in [5, 5.41) is 15.0. The van der Waals surface area contributed by atoms with Crippen molar-refractivity contribution < 1.29 is 9.84 Å². The fourth-order valence-corrected chi connectivity index (χ4v) is 1.67. The molecule has 0 aliphatic carbocycles. The Labute approximate surface area is 117 Å². The Bertz CT molecular complexity index is 534. The number of aliphatic hydroxyl groups is 1. The van der Waals surface area contributed by atoms with E-state index in [0.29, 0.717) is 24.9 Å². The highest BCUT2D eigenvalue weighted by Crippen LogP contribution is 2.16. The molecule has 1 aromatic carbocycles. The van der Waals surface area contributed by atoms with Gasteiger partial charge in [0.25, 0.3) is 0 Å². The molecule has 0 spiro atoms. The number of ether oxygens (including phenoxy) is 1. The zero-order chi connectivity index (χ0) is 14.2. The molecule has 0 saturated heterocycles. The van der Waals surface area contributed by atoms with E-state index in [9.17, 15) is 0 Å². The molecule has 0 unspecified atom stereocenters. The van der Waals surface area contributed by atoms with Gasteiger partial charge in [0.1, 0.15) is 0 Å². The maximum atomic E-state index is 8.76. The SMILES string of the molecule is COc1cc(CNCCO)nc(Nc2ccccc2)n1. The third-order valence-corrected chi connectivity index (χ3v) is 2.59. The third-order valence-electron chi connectivity index (χ3n) is 2.59. The molecule has 0 saturated carbocycles. The molecule has 0 radical (unpaired) electrons. The van der Waals surface area contributed by atoms with Gasteiger partial charge < -0.3 is 20.5 Å². The van der Waals surface area contributed by atoms with Crippen LogP contribution in [0.3, 0.4) is 0 Å². The highest BCUT2D eigenvalue weighted by atomic mass is 16.5. The van der Waals surface area contributed by atoms with Gasteiger partial charge in [-0.2, -0.15) is 4.98 Å². The number of aromatic nitrogens is 2. The molecule has 2 aromatic rings. The molecular formula is C14H18N4O2. The summed E-state index contributed by atoms with van der Waals surface area (Å²) < 4.78 is 5.17. The Morgan fingerprint density at radius 3 is 2.70 bits per heavy atom. The van der Waals surface area contributed by atoms with E-state index < -0.39 is 0 Å². The molecule has 1 aromatic heterocycles. The predicted molar refractivity (Wildman–Crippen MR) is 77.1 cm³/mol. The van der Waals surface area contributed by atoms with Crippen molar-refractivity contribution in [3.05, 3.63) is 42.1 Å². The first-order valence-corrected chi connectivity index (χ1v) is 6.37. The number of nitrogens with zero attached hydrogens (tertiary/aromatic N) is 2. The van der Waals surface area contributed by atoms with Crippen LogP contribution in [0.5, 0.6) is 5.88 Å². The molecule has 1 heterocycles. The van der Waals surface area contributed by atoms with E-state index in [4.69, 9.17) is 9.84 Å². The standard InChI is InChI=1S/C14H18N4O2/c1-20-13-9-12(10-15-7-8-19)17-14(18-13)16-11-5-3-2-4-6-11/h2-6,9,15,19H,7-8,10H2,1H3,(H,16,17,18). The molecule has 106 valence electrons. The fraction of sp³-hybridized carbons (Fsp3) is 0.286. The van der Waals surface area contributed by atoms with Gasteiger partial charge in [0.05, 0.1) is 19.4 Å². The Hall–Kier alpha value is -2.18. The number of rotatable bonds is 7. The first-order valence-electron chi connectivity index (χ1n) is 6.37. The van der Waals surface area contributed by atoms with Gasteiger partial charge in [-0.15, -0.1) is 0 Å². The van der Waals surface area contributed by atoms with Gasteiger partial charge in [-0.1, -0.05) is 18.2 Å². The summed E-state index contributed by atoms with van der Waals surface area (Å²) in [5.74, 6) is 0.982. The smallest absolute Gasteiger partial charge is 0.230 e. The number of nitrogens with one attached hydrogen (secondary N) is 2. The van der Waals surface area contributed by atoms with Crippen molar-refractivity contribution in [3.8, 4) is 5.88 Å². The summed E-state index contributed by atoms with van der Waals surface area (Å²) in [6, 6.07) is 11.5. The Morgan fingerprint density at radius 2 is 2.00 bits per heavy atom. The Kier molecular flexibility index (Phi) is 5.28. The van der Waals surface area contributed by atoms with Gasteiger partial charge in [-0.25, -0.2) is 4.98 Å². The molecule has 0 amide bonds. The van der Waals surface area contributed by atoms with Crippen LogP contribution >= 0.6 is 0 Å². The number of benzene rings is 1. The van der Waals surface area contributed by atoms with E-state index in [1.54, 1.807) is 13.2 Å². The summed E-state index contributed by atoms with van der Waals surface area (Å²) in [6.07, 6.45) is 0. The zero-order valence-electron chi connectivity index (χ0n) is 11.3. The maximum Gasteiger partial charge on any atom is 0.230 e. The quantitative estimate of drug-likeness (QED) is 0.661. The summed E-state index contributed by atoms with van der Waals surface area (Å²) >= 11 is 0. The second kappa shape index (κ2) is 7.42. The first-order chi connectivity index (χ1) is 9.81. The third kappa shape index (κ3) is 4.18. The van der Waals surface area contributed by atoms with E-state index in [1.807, 2.05) is 30.3 Å². The van der Waals surface area contributed by atoms with Crippen molar-refractivity contribution >= 4 is 11.6 Å². The van der Waals surface area contributed by atoms with Crippen molar-refractivity contribution in [2.75, 3.05) is 25.6 Å². The monoisotopic (exact) mass is 274 g/mol. The van der Waals surface area contributed by atoms with Gasteiger partial charge in [-0.3, -0.25) is 0 Å². The summed E-state index contributed by atoms with van der Waals surface area (Å²) in [6.45, 7) is 1.16. The predicted octanol–water partition coefficient (Wildman–Crippen LogP) is 1.31. The lowest BCUT2D eigenvalue weighted by Gasteiger charge is -2.09. The molecular weight excluding hydrogens is 256 g/mol. The second-order valence-electron chi connectivity index (χ2n) is 4.12. The minimum absolute atomic E-state index is 0.0946. The van der Waals surface area contributed by atoms with Crippen molar-refractivity contribution in [1.82, 2.24) is 15.3 Å². The van der Waals surface area contributed by atoms with Crippen LogP contribution in [0, 0.1) is 0 Å².